The van der Waals surface area contributed by atoms with E-state index in [0.717, 1.165) is 11.3 Å². The second-order valence-electron chi connectivity index (χ2n) is 7.78. The quantitative estimate of drug-likeness (QED) is 0.356. The van der Waals surface area contributed by atoms with Crippen LogP contribution in [0.1, 0.15) is 18.9 Å². The number of carbonyl (C=O) groups is 2. The highest BCUT2D eigenvalue weighted by Gasteiger charge is 2.21. The molecule has 3 rings (SSSR count). The van der Waals surface area contributed by atoms with Gasteiger partial charge in [-0.05, 0) is 42.0 Å². The van der Waals surface area contributed by atoms with E-state index in [4.69, 9.17) is 9.47 Å². The second-order valence-corrected chi connectivity index (χ2v) is 7.78. The summed E-state index contributed by atoms with van der Waals surface area (Å²) in [6.45, 7) is 3.34. The molecule has 0 bridgehead atoms. The van der Waals surface area contributed by atoms with Gasteiger partial charge in [-0.15, -0.1) is 0 Å². The van der Waals surface area contributed by atoms with Crippen molar-refractivity contribution >= 4 is 17.5 Å². The van der Waals surface area contributed by atoms with E-state index in [9.17, 15) is 14.7 Å². The van der Waals surface area contributed by atoms with Crippen molar-refractivity contribution in [2.75, 3.05) is 32.8 Å². The molecular formula is C24H30N4O5. The van der Waals surface area contributed by atoms with E-state index >= 15 is 0 Å². The highest BCUT2D eigenvalue weighted by Crippen LogP contribution is 2.19. The first-order valence-electron chi connectivity index (χ1n) is 10.9. The van der Waals surface area contributed by atoms with Gasteiger partial charge < -0.3 is 25.2 Å². The molecule has 0 radical (unpaired) electrons. The molecular weight excluding hydrogens is 424 g/mol. The summed E-state index contributed by atoms with van der Waals surface area (Å²) >= 11 is 0. The molecule has 0 spiro atoms. The number of ether oxygens (including phenoxy) is 2. The number of aliphatic hydroxyl groups excluding tert-OH is 1. The molecule has 4 N–H and O–H groups in total. The molecule has 9 heteroatoms. The summed E-state index contributed by atoms with van der Waals surface area (Å²) in [6, 6.07) is 16.6. The molecule has 2 aromatic rings. The zero-order valence-electron chi connectivity index (χ0n) is 18.6. The van der Waals surface area contributed by atoms with Crippen molar-refractivity contribution < 1.29 is 24.2 Å². The fourth-order valence-corrected chi connectivity index (χ4v) is 3.25. The second kappa shape index (κ2) is 12.6. The minimum Gasteiger partial charge on any atom is -0.491 e. The third kappa shape index (κ3) is 8.21. The van der Waals surface area contributed by atoms with Crippen molar-refractivity contribution in [1.29, 1.82) is 0 Å². The maximum Gasteiger partial charge on any atom is 0.257 e. The van der Waals surface area contributed by atoms with Crippen LogP contribution in [0.3, 0.4) is 0 Å². The number of rotatable bonds is 12. The minimum absolute atomic E-state index is 0.0439. The van der Waals surface area contributed by atoms with Crippen LogP contribution >= 0.6 is 0 Å². The number of benzene rings is 2. The zero-order chi connectivity index (χ0) is 23.5. The number of hydrogen-bond donors (Lipinski definition) is 4. The van der Waals surface area contributed by atoms with Crippen molar-refractivity contribution in [1.82, 2.24) is 16.1 Å². The molecule has 33 heavy (non-hydrogen) atoms. The van der Waals surface area contributed by atoms with Gasteiger partial charge >= 0.3 is 0 Å². The van der Waals surface area contributed by atoms with Crippen molar-refractivity contribution in [3.8, 4) is 11.5 Å². The summed E-state index contributed by atoms with van der Waals surface area (Å²) < 4.78 is 11.0. The van der Waals surface area contributed by atoms with Gasteiger partial charge in [0.15, 0.2) is 6.61 Å². The van der Waals surface area contributed by atoms with Gasteiger partial charge in [0.25, 0.3) is 5.91 Å². The number of amides is 2. The van der Waals surface area contributed by atoms with Gasteiger partial charge in [-0.25, -0.2) is 5.43 Å². The maximum absolute atomic E-state index is 12.0. The predicted molar refractivity (Wildman–Crippen MR) is 124 cm³/mol. The van der Waals surface area contributed by atoms with Crippen LogP contribution in [-0.4, -0.2) is 61.6 Å². The number of nitrogens with one attached hydrogen (secondary N) is 3. The molecule has 9 nitrogen and oxygen atoms in total. The molecule has 2 atom stereocenters. The Morgan fingerprint density at radius 3 is 2.58 bits per heavy atom. The van der Waals surface area contributed by atoms with E-state index in [2.05, 4.69) is 21.2 Å². The molecule has 2 aromatic carbocycles. The summed E-state index contributed by atoms with van der Waals surface area (Å²) in [6.07, 6.45) is -0.238. The lowest BCUT2D eigenvalue weighted by molar-refractivity contribution is -0.123. The van der Waals surface area contributed by atoms with Gasteiger partial charge in [-0.3, -0.25) is 9.59 Å². The summed E-state index contributed by atoms with van der Waals surface area (Å²) in [7, 11) is 0. The van der Waals surface area contributed by atoms with Gasteiger partial charge in [0.05, 0.1) is 5.71 Å². The standard InChI is InChI=1S/C24H30N4O5/c1-17-13-22(30)27-28-24(17)18-7-9-21(10-8-18)33-16-23(31)26-12-11-25-14-19(29)15-32-20-5-3-2-4-6-20/h2-10,17,19,25,29H,11-16H2,1H3,(H,26,31)(H,27,30). The molecule has 2 unspecified atom stereocenters. The van der Waals surface area contributed by atoms with Crippen LogP contribution in [0, 0.1) is 5.92 Å². The first-order chi connectivity index (χ1) is 16.0. The van der Waals surface area contributed by atoms with Gasteiger partial charge in [0.2, 0.25) is 5.91 Å². The Hall–Kier alpha value is -3.43. The first-order valence-corrected chi connectivity index (χ1v) is 10.9. The SMILES string of the molecule is CC1CC(=O)NN=C1c1ccc(OCC(=O)NCCNCC(O)COc2ccccc2)cc1. The third-order valence-electron chi connectivity index (χ3n) is 4.97. The molecule has 1 aliphatic rings. The van der Waals surface area contributed by atoms with E-state index < -0.39 is 6.10 Å². The van der Waals surface area contributed by atoms with Crippen molar-refractivity contribution in [2.24, 2.45) is 11.0 Å². The van der Waals surface area contributed by atoms with Crippen LogP contribution in [0.25, 0.3) is 0 Å². The van der Waals surface area contributed by atoms with E-state index in [1.807, 2.05) is 49.4 Å². The summed E-state index contributed by atoms with van der Waals surface area (Å²) in [5.74, 6) is 1.01. The lowest BCUT2D eigenvalue weighted by Crippen LogP contribution is -2.38. The number of para-hydroxylation sites is 1. The van der Waals surface area contributed by atoms with E-state index in [-0.39, 0.29) is 30.9 Å². The Morgan fingerprint density at radius 2 is 1.85 bits per heavy atom. The molecule has 0 aromatic heterocycles. The number of hydrogen-bond acceptors (Lipinski definition) is 7. The van der Waals surface area contributed by atoms with Crippen LogP contribution in [0.15, 0.2) is 59.7 Å². The lowest BCUT2D eigenvalue weighted by Gasteiger charge is -2.19. The highest BCUT2D eigenvalue weighted by atomic mass is 16.5. The average molecular weight is 455 g/mol. The molecule has 2 amide bonds. The lowest BCUT2D eigenvalue weighted by atomic mass is 9.94. The van der Waals surface area contributed by atoms with Crippen LogP contribution in [0.4, 0.5) is 0 Å². The Kier molecular flexibility index (Phi) is 9.22. The summed E-state index contributed by atoms with van der Waals surface area (Å²) in [5.41, 5.74) is 4.23. The van der Waals surface area contributed by atoms with E-state index in [0.29, 0.717) is 37.6 Å². The van der Waals surface area contributed by atoms with Crippen LogP contribution < -0.4 is 25.5 Å². The molecule has 176 valence electrons. The normalized spacial score (nSPS) is 16.4. The fraction of sp³-hybridized carbons (Fsp3) is 0.375. The molecule has 0 saturated carbocycles. The van der Waals surface area contributed by atoms with Gasteiger partial charge in [0, 0.05) is 32.0 Å². The van der Waals surface area contributed by atoms with Gasteiger partial charge in [0.1, 0.15) is 24.2 Å². The van der Waals surface area contributed by atoms with Crippen LogP contribution in [-0.2, 0) is 9.59 Å². The van der Waals surface area contributed by atoms with Crippen LogP contribution in [0.5, 0.6) is 11.5 Å². The molecule has 1 aliphatic heterocycles. The van der Waals surface area contributed by atoms with E-state index in [1.54, 1.807) is 12.1 Å². The van der Waals surface area contributed by atoms with Crippen molar-refractivity contribution in [3.05, 3.63) is 60.2 Å². The summed E-state index contributed by atoms with van der Waals surface area (Å²) in [5, 5.41) is 19.9. The third-order valence-corrected chi connectivity index (χ3v) is 4.97. The first kappa shape index (κ1) is 24.2. The molecule has 1 heterocycles. The number of hydrazone groups is 1. The molecule has 0 fully saturated rings. The molecule has 0 saturated heterocycles. The Labute approximate surface area is 193 Å². The predicted octanol–water partition coefficient (Wildman–Crippen LogP) is 1.07. The fourth-order valence-electron chi connectivity index (χ4n) is 3.25. The largest absolute Gasteiger partial charge is 0.491 e. The Balaban J connectivity index is 1.27. The van der Waals surface area contributed by atoms with Gasteiger partial charge in [-0.2, -0.15) is 5.10 Å². The Bertz CT molecular complexity index is 934. The van der Waals surface area contributed by atoms with Gasteiger partial charge in [-0.1, -0.05) is 25.1 Å². The average Bonchev–Trinajstić information content (AvgIpc) is 2.82. The summed E-state index contributed by atoms with van der Waals surface area (Å²) in [4.78, 5) is 23.3. The van der Waals surface area contributed by atoms with Crippen LogP contribution in [0.2, 0.25) is 0 Å². The molecule has 0 aliphatic carbocycles. The van der Waals surface area contributed by atoms with E-state index in [1.165, 1.54) is 0 Å². The van der Waals surface area contributed by atoms with Crippen molar-refractivity contribution in [3.63, 3.8) is 0 Å². The topological polar surface area (TPSA) is 121 Å². The number of aliphatic hydroxyl groups is 1. The number of carbonyl (C=O) groups excluding carboxylic acids is 2. The maximum atomic E-state index is 12.0. The zero-order valence-corrected chi connectivity index (χ0v) is 18.6. The Morgan fingerprint density at radius 1 is 1.12 bits per heavy atom. The highest BCUT2D eigenvalue weighted by molar-refractivity contribution is 6.05. The smallest absolute Gasteiger partial charge is 0.257 e. The number of nitrogens with zero attached hydrogens (tertiary/aromatic N) is 1. The van der Waals surface area contributed by atoms with Crippen molar-refractivity contribution in [2.45, 2.75) is 19.4 Å². The monoisotopic (exact) mass is 454 g/mol. The minimum atomic E-state index is -0.647.